The van der Waals surface area contributed by atoms with Crippen molar-refractivity contribution in [1.82, 2.24) is 4.31 Å². The molecule has 1 N–H and O–H groups in total. The fourth-order valence-electron chi connectivity index (χ4n) is 4.27. The Bertz CT molecular complexity index is 1050. The van der Waals surface area contributed by atoms with E-state index in [1.807, 2.05) is 24.3 Å². The van der Waals surface area contributed by atoms with Gasteiger partial charge in [0, 0.05) is 26.2 Å². The number of rotatable bonds is 5. The molecule has 6 nitrogen and oxygen atoms in total. The van der Waals surface area contributed by atoms with Gasteiger partial charge in [-0.1, -0.05) is 30.2 Å². The van der Waals surface area contributed by atoms with Gasteiger partial charge < -0.3 is 10.2 Å². The van der Waals surface area contributed by atoms with Crippen LogP contribution in [0, 0.1) is 0 Å². The number of carbonyl (C=O) groups is 1. The summed E-state index contributed by atoms with van der Waals surface area (Å²) in [5.74, 6) is -0.412. The number of halogens is 1. The first-order valence-corrected chi connectivity index (χ1v) is 12.7. The number of carbonyl (C=O) groups excluding carboxylic acids is 1. The molecule has 4 rings (SSSR count). The Morgan fingerprint density at radius 1 is 0.871 bits per heavy atom. The molecule has 2 aliphatic heterocycles. The lowest BCUT2D eigenvalue weighted by molar-refractivity contribution is 0.102. The molecular formula is C23H28ClN3O3S. The minimum atomic E-state index is -3.65. The number of piperidine rings is 2. The highest BCUT2D eigenvalue weighted by Gasteiger charge is 2.27. The Hall–Kier alpha value is -2.09. The maximum Gasteiger partial charge on any atom is 0.257 e. The predicted molar refractivity (Wildman–Crippen MR) is 125 cm³/mol. The Kier molecular flexibility index (Phi) is 6.84. The van der Waals surface area contributed by atoms with Gasteiger partial charge in [-0.15, -0.1) is 0 Å². The molecule has 0 bridgehead atoms. The largest absolute Gasteiger partial charge is 0.370 e. The van der Waals surface area contributed by atoms with Crippen molar-refractivity contribution in [2.75, 3.05) is 36.4 Å². The third kappa shape index (κ3) is 4.89. The predicted octanol–water partition coefficient (Wildman–Crippen LogP) is 4.76. The van der Waals surface area contributed by atoms with E-state index in [4.69, 9.17) is 11.6 Å². The van der Waals surface area contributed by atoms with Crippen LogP contribution in [0.2, 0.25) is 5.02 Å². The maximum absolute atomic E-state index is 13.1. The van der Waals surface area contributed by atoms with Crippen molar-refractivity contribution >= 4 is 38.9 Å². The fourth-order valence-corrected chi connectivity index (χ4v) is 6.02. The second-order valence-corrected chi connectivity index (χ2v) is 10.5. The minimum Gasteiger partial charge on any atom is -0.370 e. The molecule has 0 spiro atoms. The average molecular weight is 462 g/mol. The van der Waals surface area contributed by atoms with Crippen LogP contribution in [0.4, 0.5) is 11.4 Å². The van der Waals surface area contributed by atoms with E-state index >= 15 is 0 Å². The molecule has 166 valence electrons. The number of benzene rings is 2. The molecule has 1 amide bonds. The van der Waals surface area contributed by atoms with E-state index in [2.05, 4.69) is 10.2 Å². The highest BCUT2D eigenvalue weighted by atomic mass is 35.5. The molecule has 2 aromatic rings. The molecule has 0 radical (unpaired) electrons. The van der Waals surface area contributed by atoms with Gasteiger partial charge in [0.25, 0.3) is 5.91 Å². The third-order valence-electron chi connectivity index (χ3n) is 5.98. The van der Waals surface area contributed by atoms with Crippen LogP contribution in [0.25, 0.3) is 0 Å². The van der Waals surface area contributed by atoms with Crippen LogP contribution in [0.5, 0.6) is 0 Å². The molecule has 8 heteroatoms. The molecule has 0 atom stereocenters. The number of nitrogens with one attached hydrogen (secondary N) is 1. The molecule has 2 heterocycles. The second-order valence-electron chi connectivity index (χ2n) is 8.13. The molecule has 0 aliphatic carbocycles. The van der Waals surface area contributed by atoms with Crippen molar-refractivity contribution in [3.63, 3.8) is 0 Å². The number of para-hydroxylation sites is 2. The summed E-state index contributed by atoms with van der Waals surface area (Å²) in [5, 5.41) is 3.18. The van der Waals surface area contributed by atoms with Crippen molar-refractivity contribution in [2.45, 2.75) is 43.4 Å². The Morgan fingerprint density at radius 3 is 2.23 bits per heavy atom. The highest BCUT2D eigenvalue weighted by molar-refractivity contribution is 7.89. The lowest BCUT2D eigenvalue weighted by Gasteiger charge is -2.30. The first-order chi connectivity index (χ1) is 15.0. The normalized spacial score (nSPS) is 18.0. The monoisotopic (exact) mass is 461 g/mol. The van der Waals surface area contributed by atoms with Gasteiger partial charge in [-0.2, -0.15) is 4.31 Å². The van der Waals surface area contributed by atoms with Gasteiger partial charge in [-0.25, -0.2) is 8.42 Å². The zero-order valence-electron chi connectivity index (χ0n) is 17.5. The number of nitrogens with zero attached hydrogens (tertiary/aromatic N) is 2. The topological polar surface area (TPSA) is 69.7 Å². The third-order valence-corrected chi connectivity index (χ3v) is 8.21. The van der Waals surface area contributed by atoms with E-state index in [0.29, 0.717) is 18.8 Å². The fraction of sp³-hybridized carbons (Fsp3) is 0.435. The quantitative estimate of drug-likeness (QED) is 0.697. The zero-order chi connectivity index (χ0) is 21.8. The molecule has 0 aromatic heterocycles. The van der Waals surface area contributed by atoms with E-state index in [0.717, 1.165) is 50.9 Å². The maximum atomic E-state index is 13.1. The van der Waals surface area contributed by atoms with Crippen LogP contribution in [0.1, 0.15) is 48.9 Å². The van der Waals surface area contributed by atoms with Gasteiger partial charge in [0.15, 0.2) is 0 Å². The van der Waals surface area contributed by atoms with Crippen LogP contribution in [-0.4, -0.2) is 44.8 Å². The Labute approximate surface area is 189 Å². The van der Waals surface area contributed by atoms with Gasteiger partial charge in [0.05, 0.1) is 26.9 Å². The molecule has 0 saturated carbocycles. The van der Waals surface area contributed by atoms with Crippen molar-refractivity contribution in [2.24, 2.45) is 0 Å². The van der Waals surface area contributed by atoms with Gasteiger partial charge in [-0.3, -0.25) is 4.79 Å². The van der Waals surface area contributed by atoms with E-state index < -0.39 is 15.9 Å². The summed E-state index contributed by atoms with van der Waals surface area (Å²) >= 11 is 6.30. The minimum absolute atomic E-state index is 0.105. The standard InChI is InChI=1S/C23H28ClN3O3S/c24-20-12-11-18(31(29,30)27-15-7-2-8-16-27)17-19(20)23(28)25-21-9-3-4-10-22(21)26-13-5-1-6-14-26/h3-4,9-12,17H,1-2,5-8,13-16H2,(H,25,28). The smallest absolute Gasteiger partial charge is 0.257 e. The second kappa shape index (κ2) is 9.59. The van der Waals surface area contributed by atoms with Crippen LogP contribution in [-0.2, 0) is 10.0 Å². The van der Waals surface area contributed by atoms with Gasteiger partial charge in [0.1, 0.15) is 0 Å². The summed E-state index contributed by atoms with van der Waals surface area (Å²) in [6, 6.07) is 12.1. The first-order valence-electron chi connectivity index (χ1n) is 10.9. The number of hydrogen-bond donors (Lipinski definition) is 1. The number of anilines is 2. The van der Waals surface area contributed by atoms with Gasteiger partial charge in [0.2, 0.25) is 10.0 Å². The van der Waals surface area contributed by atoms with Crippen molar-refractivity contribution in [3.05, 3.63) is 53.1 Å². The molecule has 2 saturated heterocycles. The summed E-state index contributed by atoms with van der Waals surface area (Å²) < 4.78 is 27.6. The van der Waals surface area contributed by atoms with Crippen LogP contribution >= 0.6 is 11.6 Å². The zero-order valence-corrected chi connectivity index (χ0v) is 19.1. The van der Waals surface area contributed by atoms with Crippen LogP contribution in [0.3, 0.4) is 0 Å². The number of amides is 1. The molecule has 0 unspecified atom stereocenters. The highest BCUT2D eigenvalue weighted by Crippen LogP contribution is 2.30. The number of hydrogen-bond acceptors (Lipinski definition) is 4. The van der Waals surface area contributed by atoms with Crippen molar-refractivity contribution in [1.29, 1.82) is 0 Å². The molecule has 2 aromatic carbocycles. The van der Waals surface area contributed by atoms with E-state index in [1.54, 1.807) is 0 Å². The lowest BCUT2D eigenvalue weighted by atomic mass is 10.1. The molecule has 2 aliphatic rings. The van der Waals surface area contributed by atoms with Gasteiger partial charge in [-0.05, 0) is 62.4 Å². The van der Waals surface area contributed by atoms with E-state index in [9.17, 15) is 13.2 Å². The Balaban J connectivity index is 1.59. The lowest BCUT2D eigenvalue weighted by Crippen LogP contribution is -2.35. The van der Waals surface area contributed by atoms with Gasteiger partial charge >= 0.3 is 0 Å². The Morgan fingerprint density at radius 2 is 1.52 bits per heavy atom. The summed E-state index contributed by atoms with van der Waals surface area (Å²) in [6.07, 6.45) is 6.23. The molecular weight excluding hydrogens is 434 g/mol. The summed E-state index contributed by atoms with van der Waals surface area (Å²) in [7, 11) is -3.65. The summed E-state index contributed by atoms with van der Waals surface area (Å²) in [6.45, 7) is 2.93. The number of sulfonamides is 1. The first kappa shape index (κ1) is 22.1. The summed E-state index contributed by atoms with van der Waals surface area (Å²) in [5.41, 5.74) is 1.84. The van der Waals surface area contributed by atoms with E-state index in [1.165, 1.54) is 28.9 Å². The average Bonchev–Trinajstić information content (AvgIpc) is 2.80. The van der Waals surface area contributed by atoms with Crippen LogP contribution < -0.4 is 10.2 Å². The SMILES string of the molecule is O=C(Nc1ccccc1N1CCCCC1)c1cc(S(=O)(=O)N2CCCCC2)ccc1Cl. The van der Waals surface area contributed by atoms with Crippen molar-refractivity contribution < 1.29 is 13.2 Å². The van der Waals surface area contributed by atoms with Crippen LogP contribution in [0.15, 0.2) is 47.4 Å². The molecule has 31 heavy (non-hydrogen) atoms. The molecule has 2 fully saturated rings. The van der Waals surface area contributed by atoms with E-state index in [-0.39, 0.29) is 15.5 Å². The van der Waals surface area contributed by atoms with Crippen molar-refractivity contribution in [3.8, 4) is 0 Å². The summed E-state index contributed by atoms with van der Waals surface area (Å²) in [4.78, 5) is 15.5.